The lowest BCUT2D eigenvalue weighted by molar-refractivity contribution is 0.556. The molecule has 2 heterocycles. The number of nitrogens with zero attached hydrogens (tertiary/aromatic N) is 3. The van der Waals surface area contributed by atoms with Gasteiger partial charge < -0.3 is 5.32 Å². The molecule has 7 heteroatoms. The molecule has 0 aliphatic carbocycles. The molecule has 0 amide bonds. The average molecular weight is 399 g/mol. The van der Waals surface area contributed by atoms with E-state index in [1.54, 1.807) is 39.1 Å². The summed E-state index contributed by atoms with van der Waals surface area (Å²) in [5, 5.41) is 8.05. The van der Waals surface area contributed by atoms with E-state index < -0.39 is 14.6 Å². The normalized spacial score (nSPS) is 12.2. The molecule has 3 aromatic rings. The van der Waals surface area contributed by atoms with Crippen LogP contribution in [-0.2, 0) is 16.4 Å². The predicted molar refractivity (Wildman–Crippen MR) is 112 cm³/mol. The molecule has 0 atom stereocenters. The molecular weight excluding hydrogens is 372 g/mol. The fourth-order valence-corrected chi connectivity index (χ4v) is 3.97. The molecule has 0 saturated heterocycles. The van der Waals surface area contributed by atoms with E-state index in [0.29, 0.717) is 6.54 Å². The zero-order valence-corrected chi connectivity index (χ0v) is 17.7. The van der Waals surface area contributed by atoms with Gasteiger partial charge in [0.15, 0.2) is 14.9 Å². The SMILES string of the molecule is Cc1nn(-c2ccccc2)c(C)c1CNc1ccc(S(=O)(=O)C(C)(C)C)nc1. The van der Waals surface area contributed by atoms with Gasteiger partial charge in [-0.25, -0.2) is 18.1 Å². The van der Waals surface area contributed by atoms with Crippen LogP contribution in [0.5, 0.6) is 0 Å². The predicted octanol–water partition coefficient (Wildman–Crippen LogP) is 4.07. The lowest BCUT2D eigenvalue weighted by Gasteiger charge is -2.18. The van der Waals surface area contributed by atoms with Crippen LogP contribution in [0.4, 0.5) is 5.69 Å². The van der Waals surface area contributed by atoms with Crippen molar-refractivity contribution in [2.24, 2.45) is 0 Å². The number of aromatic nitrogens is 3. The maximum atomic E-state index is 12.5. The zero-order valence-electron chi connectivity index (χ0n) is 16.9. The van der Waals surface area contributed by atoms with Crippen LogP contribution in [0, 0.1) is 13.8 Å². The molecule has 2 aromatic heterocycles. The first kappa shape index (κ1) is 20.1. The smallest absolute Gasteiger partial charge is 0.200 e. The first-order valence-electron chi connectivity index (χ1n) is 9.16. The summed E-state index contributed by atoms with van der Waals surface area (Å²) in [6.07, 6.45) is 1.56. The number of hydrogen-bond donors (Lipinski definition) is 1. The van der Waals surface area contributed by atoms with Gasteiger partial charge in [0.05, 0.1) is 28.0 Å². The Kier molecular flexibility index (Phi) is 5.30. The van der Waals surface area contributed by atoms with Crippen molar-refractivity contribution >= 4 is 15.5 Å². The Morgan fingerprint density at radius 3 is 2.29 bits per heavy atom. The van der Waals surface area contributed by atoms with E-state index in [1.165, 1.54) is 0 Å². The van der Waals surface area contributed by atoms with Crippen LogP contribution < -0.4 is 5.32 Å². The van der Waals surface area contributed by atoms with Crippen LogP contribution in [0.3, 0.4) is 0 Å². The lowest BCUT2D eigenvalue weighted by atomic mass is 10.2. The van der Waals surface area contributed by atoms with Crippen molar-refractivity contribution < 1.29 is 8.42 Å². The highest BCUT2D eigenvalue weighted by molar-refractivity contribution is 7.92. The summed E-state index contributed by atoms with van der Waals surface area (Å²) in [5.74, 6) is 0. The third-order valence-electron chi connectivity index (χ3n) is 4.73. The zero-order chi connectivity index (χ0) is 20.5. The van der Waals surface area contributed by atoms with Gasteiger partial charge in [0.1, 0.15) is 0 Å². The number of rotatable bonds is 5. The van der Waals surface area contributed by atoms with E-state index in [-0.39, 0.29) is 5.03 Å². The molecular formula is C21H26N4O2S. The monoisotopic (exact) mass is 398 g/mol. The Morgan fingerprint density at radius 1 is 1.04 bits per heavy atom. The highest BCUT2D eigenvalue weighted by atomic mass is 32.2. The van der Waals surface area contributed by atoms with Gasteiger partial charge in [-0.3, -0.25) is 0 Å². The van der Waals surface area contributed by atoms with E-state index in [4.69, 9.17) is 0 Å². The molecule has 0 radical (unpaired) electrons. The van der Waals surface area contributed by atoms with E-state index in [0.717, 1.165) is 28.3 Å². The molecule has 1 aromatic carbocycles. The van der Waals surface area contributed by atoms with Crippen molar-refractivity contribution in [1.29, 1.82) is 0 Å². The fourth-order valence-electron chi connectivity index (χ4n) is 2.90. The van der Waals surface area contributed by atoms with Gasteiger partial charge >= 0.3 is 0 Å². The van der Waals surface area contributed by atoms with Crippen LogP contribution in [0.1, 0.15) is 37.7 Å². The molecule has 148 valence electrons. The Balaban J connectivity index is 1.78. The summed E-state index contributed by atoms with van der Waals surface area (Å²) < 4.78 is 26.0. The van der Waals surface area contributed by atoms with Gasteiger partial charge in [-0.1, -0.05) is 18.2 Å². The number of para-hydroxylation sites is 1. The molecule has 0 bridgehead atoms. The molecule has 1 N–H and O–H groups in total. The van der Waals surface area contributed by atoms with Crippen LogP contribution in [0.15, 0.2) is 53.7 Å². The number of benzene rings is 1. The van der Waals surface area contributed by atoms with Crippen molar-refractivity contribution in [3.8, 4) is 5.69 Å². The third kappa shape index (κ3) is 3.80. The number of sulfone groups is 1. The van der Waals surface area contributed by atoms with Crippen LogP contribution in [-0.4, -0.2) is 27.9 Å². The number of aryl methyl sites for hydroxylation is 1. The molecule has 0 aliphatic rings. The highest BCUT2D eigenvalue weighted by Gasteiger charge is 2.31. The van der Waals surface area contributed by atoms with Crippen molar-refractivity contribution in [3.63, 3.8) is 0 Å². The minimum atomic E-state index is -3.45. The van der Waals surface area contributed by atoms with Crippen LogP contribution in [0.2, 0.25) is 0 Å². The van der Waals surface area contributed by atoms with Gasteiger partial charge in [-0.05, 0) is 58.9 Å². The third-order valence-corrected chi connectivity index (χ3v) is 7.13. The highest BCUT2D eigenvalue weighted by Crippen LogP contribution is 2.24. The van der Waals surface area contributed by atoms with Gasteiger partial charge in [-0.15, -0.1) is 0 Å². The number of anilines is 1. The molecule has 0 spiro atoms. The van der Waals surface area contributed by atoms with E-state index in [1.807, 2.05) is 48.9 Å². The summed E-state index contributed by atoms with van der Waals surface area (Å²) in [7, 11) is -3.45. The van der Waals surface area contributed by atoms with E-state index >= 15 is 0 Å². The number of nitrogens with one attached hydrogen (secondary N) is 1. The quantitative estimate of drug-likeness (QED) is 0.701. The maximum absolute atomic E-state index is 12.5. The number of hydrogen-bond acceptors (Lipinski definition) is 5. The molecule has 3 rings (SSSR count). The number of pyridine rings is 1. The summed E-state index contributed by atoms with van der Waals surface area (Å²) in [5.41, 5.74) is 4.91. The van der Waals surface area contributed by atoms with Gasteiger partial charge in [-0.2, -0.15) is 5.10 Å². The topological polar surface area (TPSA) is 76.9 Å². The Morgan fingerprint density at radius 2 is 1.71 bits per heavy atom. The van der Waals surface area contributed by atoms with Crippen LogP contribution >= 0.6 is 0 Å². The van der Waals surface area contributed by atoms with Crippen molar-refractivity contribution in [2.75, 3.05) is 5.32 Å². The second-order valence-corrected chi connectivity index (χ2v) is 10.4. The summed E-state index contributed by atoms with van der Waals surface area (Å²) in [6, 6.07) is 13.3. The minimum Gasteiger partial charge on any atom is -0.380 e. The van der Waals surface area contributed by atoms with E-state index in [2.05, 4.69) is 15.4 Å². The molecule has 0 unspecified atom stereocenters. The second-order valence-electron chi connectivity index (χ2n) is 7.75. The van der Waals surface area contributed by atoms with Gasteiger partial charge in [0.25, 0.3) is 0 Å². The standard InChI is InChI=1S/C21H26N4O2S/c1-15-19(16(2)25(24-15)18-9-7-6-8-10-18)14-22-17-11-12-20(23-13-17)28(26,27)21(3,4)5/h6-13,22H,14H2,1-5H3. The lowest BCUT2D eigenvalue weighted by Crippen LogP contribution is -2.28. The first-order chi connectivity index (χ1) is 13.1. The minimum absolute atomic E-state index is 0.0924. The molecule has 0 aliphatic heterocycles. The summed E-state index contributed by atoms with van der Waals surface area (Å²) in [4.78, 5) is 4.16. The van der Waals surface area contributed by atoms with Crippen LogP contribution in [0.25, 0.3) is 5.69 Å². The maximum Gasteiger partial charge on any atom is 0.200 e. The van der Waals surface area contributed by atoms with Crippen molar-refractivity contribution in [2.45, 2.75) is 50.9 Å². The molecule has 0 fully saturated rings. The van der Waals surface area contributed by atoms with Crippen molar-refractivity contribution in [1.82, 2.24) is 14.8 Å². The Bertz CT molecular complexity index is 1060. The van der Waals surface area contributed by atoms with E-state index in [9.17, 15) is 8.42 Å². The largest absolute Gasteiger partial charge is 0.380 e. The Hall–Kier alpha value is -2.67. The summed E-state index contributed by atoms with van der Waals surface area (Å²) in [6.45, 7) is 9.63. The fraction of sp³-hybridized carbons (Fsp3) is 0.333. The van der Waals surface area contributed by atoms with Gasteiger partial charge in [0, 0.05) is 17.8 Å². The molecule has 28 heavy (non-hydrogen) atoms. The average Bonchev–Trinajstić information content (AvgIpc) is 2.94. The first-order valence-corrected chi connectivity index (χ1v) is 10.6. The molecule has 6 nitrogen and oxygen atoms in total. The second kappa shape index (κ2) is 7.39. The van der Waals surface area contributed by atoms with Crippen molar-refractivity contribution in [3.05, 3.63) is 65.6 Å². The van der Waals surface area contributed by atoms with Gasteiger partial charge in [0.2, 0.25) is 0 Å². The summed E-state index contributed by atoms with van der Waals surface area (Å²) >= 11 is 0. The Labute approximate surface area is 166 Å². The molecule has 0 saturated carbocycles.